The molecule has 6 heteroatoms. The molecule has 0 aromatic heterocycles. The summed E-state index contributed by atoms with van der Waals surface area (Å²) in [6, 6.07) is 18.4. The monoisotopic (exact) mass is 386 g/mol. The summed E-state index contributed by atoms with van der Waals surface area (Å²) in [6.45, 7) is 5.06. The summed E-state index contributed by atoms with van der Waals surface area (Å²) in [5, 5.41) is 3.05. The number of hydrogen-bond acceptors (Lipinski definition) is 4. The van der Waals surface area contributed by atoms with Crippen LogP contribution in [0.25, 0.3) is 0 Å². The van der Waals surface area contributed by atoms with E-state index in [4.69, 9.17) is 4.74 Å². The molecule has 2 aromatic rings. The van der Waals surface area contributed by atoms with Gasteiger partial charge in [0.1, 0.15) is 5.75 Å². The van der Waals surface area contributed by atoms with Gasteiger partial charge in [-0.2, -0.15) is 0 Å². The maximum absolute atomic E-state index is 12.2. The lowest BCUT2D eigenvalue weighted by Gasteiger charge is -2.34. The first kappa shape index (κ1) is 19.6. The number of thioether (sulfide) groups is 1. The number of amides is 1. The smallest absolute Gasteiger partial charge is 0.275 e. The fraction of sp³-hybridized carbons (Fsp3) is 0.381. The van der Waals surface area contributed by atoms with Gasteiger partial charge in [0.2, 0.25) is 0 Å². The molecule has 1 amide bonds. The molecule has 2 N–H and O–H groups in total. The van der Waals surface area contributed by atoms with Crippen molar-refractivity contribution in [1.82, 2.24) is 5.32 Å². The summed E-state index contributed by atoms with van der Waals surface area (Å²) in [5.41, 5.74) is 1.14. The molecule has 3 rings (SSSR count). The normalized spacial score (nSPS) is 14.8. The third-order valence-electron chi connectivity index (χ3n) is 4.74. The maximum Gasteiger partial charge on any atom is 0.275 e. The Balaban J connectivity index is 1.35. The van der Waals surface area contributed by atoms with E-state index >= 15 is 0 Å². The zero-order valence-electron chi connectivity index (χ0n) is 15.8. The summed E-state index contributed by atoms with van der Waals surface area (Å²) in [5.74, 6) is 1.95. The van der Waals surface area contributed by atoms with Gasteiger partial charge in [0.25, 0.3) is 5.91 Å². The molecule has 1 heterocycles. The Kier molecular flexibility index (Phi) is 7.42. The molecule has 1 aliphatic heterocycles. The standard InChI is InChI=1S/C21H27N3O2S/c1-26-20-10-6-5-9-19(20)24-14-12-23(13-15-24)17-21(25)22-11-16-27-18-7-3-2-4-8-18/h2-10H,11-17H2,1H3,(H,22,25)/p+1. The van der Waals surface area contributed by atoms with Crippen LogP contribution in [-0.2, 0) is 4.79 Å². The van der Waals surface area contributed by atoms with Gasteiger partial charge in [-0.15, -0.1) is 11.8 Å². The summed E-state index contributed by atoms with van der Waals surface area (Å²) in [6.07, 6.45) is 0. The fourth-order valence-electron chi connectivity index (χ4n) is 3.30. The van der Waals surface area contributed by atoms with Gasteiger partial charge < -0.3 is 19.9 Å². The van der Waals surface area contributed by atoms with Gasteiger partial charge in [-0.25, -0.2) is 0 Å². The van der Waals surface area contributed by atoms with Crippen molar-refractivity contribution in [2.75, 3.05) is 57.0 Å². The van der Waals surface area contributed by atoms with Gasteiger partial charge in [-0.1, -0.05) is 30.3 Å². The minimum atomic E-state index is 0.143. The number of hydrogen-bond donors (Lipinski definition) is 2. The van der Waals surface area contributed by atoms with Crippen LogP contribution in [0.15, 0.2) is 59.5 Å². The highest BCUT2D eigenvalue weighted by Crippen LogP contribution is 2.27. The SMILES string of the molecule is COc1ccccc1N1CC[NH+](CC(=O)NCCSc2ccccc2)CC1. The second-order valence-corrected chi connectivity index (χ2v) is 7.77. The van der Waals surface area contributed by atoms with E-state index in [1.165, 1.54) is 9.80 Å². The highest BCUT2D eigenvalue weighted by Gasteiger charge is 2.23. The summed E-state index contributed by atoms with van der Waals surface area (Å²) in [7, 11) is 1.71. The minimum absolute atomic E-state index is 0.143. The maximum atomic E-state index is 12.2. The zero-order valence-corrected chi connectivity index (χ0v) is 16.6. The molecular weight excluding hydrogens is 358 g/mol. The quantitative estimate of drug-likeness (QED) is 0.531. The molecule has 5 nitrogen and oxygen atoms in total. The topological polar surface area (TPSA) is 46.0 Å². The molecule has 1 saturated heterocycles. The van der Waals surface area contributed by atoms with E-state index in [2.05, 4.69) is 28.4 Å². The predicted molar refractivity (Wildman–Crippen MR) is 111 cm³/mol. The predicted octanol–water partition coefficient (Wildman–Crippen LogP) is 1.31. The van der Waals surface area contributed by atoms with Crippen molar-refractivity contribution in [3.63, 3.8) is 0 Å². The van der Waals surface area contributed by atoms with E-state index in [1.54, 1.807) is 18.9 Å². The molecule has 2 aromatic carbocycles. The summed E-state index contributed by atoms with van der Waals surface area (Å²) < 4.78 is 5.46. The molecule has 0 saturated carbocycles. The Morgan fingerprint density at radius 2 is 1.81 bits per heavy atom. The number of carbonyl (C=O) groups excluding carboxylic acids is 1. The highest BCUT2D eigenvalue weighted by atomic mass is 32.2. The Bertz CT molecular complexity index is 718. The van der Waals surface area contributed by atoms with Crippen LogP contribution in [0.4, 0.5) is 5.69 Å². The molecule has 0 bridgehead atoms. The Morgan fingerprint density at radius 3 is 2.56 bits per heavy atom. The van der Waals surface area contributed by atoms with Crippen LogP contribution in [0.2, 0.25) is 0 Å². The number of quaternary nitrogens is 1. The van der Waals surface area contributed by atoms with E-state index in [-0.39, 0.29) is 5.91 Å². The number of nitrogens with zero attached hydrogens (tertiary/aromatic N) is 1. The van der Waals surface area contributed by atoms with Crippen LogP contribution in [0.3, 0.4) is 0 Å². The number of ether oxygens (including phenoxy) is 1. The summed E-state index contributed by atoms with van der Waals surface area (Å²) in [4.78, 5) is 17.1. The Labute approximate surface area is 165 Å². The molecular formula is C21H28N3O2S+. The van der Waals surface area contributed by atoms with E-state index < -0.39 is 0 Å². The summed E-state index contributed by atoms with van der Waals surface area (Å²) >= 11 is 1.77. The van der Waals surface area contributed by atoms with Crippen LogP contribution in [-0.4, -0.2) is 58.0 Å². The largest absolute Gasteiger partial charge is 0.495 e. The highest BCUT2D eigenvalue weighted by molar-refractivity contribution is 7.99. The van der Waals surface area contributed by atoms with Gasteiger partial charge in [0.05, 0.1) is 39.0 Å². The Morgan fingerprint density at radius 1 is 1.11 bits per heavy atom. The fourth-order valence-corrected chi connectivity index (χ4v) is 4.09. The van der Waals surface area contributed by atoms with Crippen molar-refractivity contribution in [2.45, 2.75) is 4.90 Å². The first-order chi connectivity index (χ1) is 13.3. The van der Waals surface area contributed by atoms with E-state index in [1.807, 2.05) is 36.4 Å². The molecule has 144 valence electrons. The number of nitrogens with one attached hydrogen (secondary N) is 2. The second kappa shape index (κ2) is 10.2. The van der Waals surface area contributed by atoms with Crippen LogP contribution >= 0.6 is 11.8 Å². The average molecular weight is 387 g/mol. The van der Waals surface area contributed by atoms with Gasteiger partial charge in [0.15, 0.2) is 6.54 Å². The number of anilines is 1. The number of carbonyl (C=O) groups is 1. The number of benzene rings is 2. The molecule has 1 fully saturated rings. The number of methoxy groups -OCH3 is 1. The molecule has 0 radical (unpaired) electrons. The van der Waals surface area contributed by atoms with Crippen LogP contribution < -0.4 is 19.9 Å². The molecule has 0 unspecified atom stereocenters. The van der Waals surface area contributed by atoms with Crippen molar-refractivity contribution in [1.29, 1.82) is 0 Å². The van der Waals surface area contributed by atoms with Crippen LogP contribution in [0.1, 0.15) is 0 Å². The first-order valence-corrected chi connectivity index (χ1v) is 10.4. The van der Waals surface area contributed by atoms with Gasteiger partial charge in [-0.05, 0) is 24.3 Å². The van der Waals surface area contributed by atoms with Crippen LogP contribution in [0, 0.1) is 0 Å². The van der Waals surface area contributed by atoms with Gasteiger partial charge >= 0.3 is 0 Å². The zero-order chi connectivity index (χ0) is 18.9. The number of rotatable bonds is 8. The third-order valence-corrected chi connectivity index (χ3v) is 5.76. The van der Waals surface area contributed by atoms with Gasteiger partial charge in [-0.3, -0.25) is 4.79 Å². The number of para-hydroxylation sites is 2. The van der Waals surface area contributed by atoms with Gasteiger partial charge in [0, 0.05) is 17.2 Å². The van der Waals surface area contributed by atoms with Crippen molar-refractivity contribution < 1.29 is 14.4 Å². The average Bonchev–Trinajstić information content (AvgIpc) is 2.72. The molecule has 0 aliphatic carbocycles. The third kappa shape index (κ3) is 5.91. The van der Waals surface area contributed by atoms with Crippen molar-refractivity contribution in [3.8, 4) is 5.75 Å². The number of piperazine rings is 1. The molecule has 0 atom stereocenters. The lowest BCUT2D eigenvalue weighted by molar-refractivity contribution is -0.892. The van der Waals surface area contributed by atoms with Crippen molar-refractivity contribution >= 4 is 23.4 Å². The van der Waals surface area contributed by atoms with Crippen LogP contribution in [0.5, 0.6) is 5.75 Å². The Hall–Kier alpha value is -2.18. The second-order valence-electron chi connectivity index (χ2n) is 6.60. The van der Waals surface area contributed by atoms with Crippen molar-refractivity contribution in [2.24, 2.45) is 0 Å². The lowest BCUT2D eigenvalue weighted by Crippen LogP contribution is -3.16. The van der Waals surface area contributed by atoms with E-state index in [9.17, 15) is 4.79 Å². The first-order valence-electron chi connectivity index (χ1n) is 9.42. The van der Waals surface area contributed by atoms with Crippen molar-refractivity contribution in [3.05, 3.63) is 54.6 Å². The molecule has 27 heavy (non-hydrogen) atoms. The molecule has 0 spiro atoms. The minimum Gasteiger partial charge on any atom is -0.495 e. The van der Waals surface area contributed by atoms with E-state index in [0.29, 0.717) is 13.1 Å². The van der Waals surface area contributed by atoms with E-state index in [0.717, 1.165) is 43.4 Å². The molecule has 1 aliphatic rings. The lowest BCUT2D eigenvalue weighted by atomic mass is 10.2.